The van der Waals surface area contributed by atoms with E-state index in [1.54, 1.807) is 23.4 Å². The van der Waals surface area contributed by atoms with Gasteiger partial charge in [-0.2, -0.15) is 5.10 Å². The number of hydrogen-bond donors (Lipinski definition) is 2. The van der Waals surface area contributed by atoms with Crippen LogP contribution in [0.15, 0.2) is 34.1 Å². The second-order valence-electron chi connectivity index (χ2n) is 6.83. The van der Waals surface area contributed by atoms with E-state index in [1.165, 1.54) is 0 Å². The predicted molar refractivity (Wildman–Crippen MR) is 127 cm³/mol. The van der Waals surface area contributed by atoms with Gasteiger partial charge in [-0.25, -0.2) is 9.48 Å². The summed E-state index contributed by atoms with van der Waals surface area (Å²) in [7, 11) is 3.37. The highest BCUT2D eigenvalue weighted by molar-refractivity contribution is 14.0. The molecule has 1 aromatic heterocycles. The Labute approximate surface area is 193 Å². The third kappa shape index (κ3) is 6.64. The molecule has 2 N–H and O–H groups in total. The molecular formula is C20H31IN6O3. The van der Waals surface area contributed by atoms with Gasteiger partial charge in [0, 0.05) is 33.1 Å². The van der Waals surface area contributed by atoms with Crippen molar-refractivity contribution in [2.75, 3.05) is 33.9 Å². The first-order valence-electron chi connectivity index (χ1n) is 10.1. The smallest absolute Gasteiger partial charge is 0.345 e. The zero-order valence-corrected chi connectivity index (χ0v) is 19.9. The summed E-state index contributed by atoms with van der Waals surface area (Å²) < 4.78 is 14.2. The van der Waals surface area contributed by atoms with Crippen LogP contribution in [0, 0.1) is 0 Å². The maximum atomic E-state index is 12.3. The topological polar surface area (TPSA) is 94.7 Å². The molecule has 166 valence electrons. The van der Waals surface area contributed by atoms with E-state index >= 15 is 0 Å². The maximum Gasteiger partial charge on any atom is 0.345 e. The molecule has 2 heterocycles. The molecule has 0 saturated heterocycles. The van der Waals surface area contributed by atoms with Crippen LogP contribution >= 0.6 is 24.0 Å². The largest absolute Gasteiger partial charge is 0.497 e. The van der Waals surface area contributed by atoms with Crippen molar-refractivity contribution in [3.05, 3.63) is 40.6 Å². The summed E-state index contributed by atoms with van der Waals surface area (Å²) in [5.74, 6) is 3.23. The Hall–Kier alpha value is -2.24. The lowest BCUT2D eigenvalue weighted by Gasteiger charge is -2.12. The van der Waals surface area contributed by atoms with Gasteiger partial charge in [-0.1, -0.05) is 0 Å². The molecule has 0 saturated carbocycles. The molecule has 0 bridgehead atoms. The molecule has 10 heteroatoms. The highest BCUT2D eigenvalue weighted by Crippen LogP contribution is 2.16. The Bertz CT molecular complexity index is 862. The average Bonchev–Trinajstić information content (AvgIpc) is 3.08. The van der Waals surface area contributed by atoms with Gasteiger partial charge in [0.25, 0.3) is 0 Å². The van der Waals surface area contributed by atoms with Crippen LogP contribution in [-0.4, -0.2) is 54.2 Å². The minimum atomic E-state index is 0. The van der Waals surface area contributed by atoms with Crippen molar-refractivity contribution in [3.8, 4) is 11.5 Å². The molecule has 0 amide bonds. The standard InChI is InChI=1S/C20H30N6O3.HI/c1-21-19(23-12-15-29-17-9-7-16(28-2)8-10-17)22-11-5-14-26-20(27)25-13-4-3-6-18(25)24-26;/h7-10H,3-6,11-15H2,1-2H3,(H2,21,22,23);1H. The predicted octanol–water partition coefficient (Wildman–Crippen LogP) is 1.64. The van der Waals surface area contributed by atoms with Gasteiger partial charge < -0.3 is 20.1 Å². The van der Waals surface area contributed by atoms with E-state index in [9.17, 15) is 4.79 Å². The molecular weight excluding hydrogens is 499 g/mol. The second-order valence-corrected chi connectivity index (χ2v) is 6.83. The fourth-order valence-corrected chi connectivity index (χ4v) is 3.26. The van der Waals surface area contributed by atoms with Crippen LogP contribution < -0.4 is 25.8 Å². The normalized spacial score (nSPS) is 13.2. The van der Waals surface area contributed by atoms with Gasteiger partial charge in [-0.05, 0) is 43.5 Å². The lowest BCUT2D eigenvalue weighted by atomic mass is 10.2. The summed E-state index contributed by atoms with van der Waals surface area (Å²) >= 11 is 0. The Morgan fingerprint density at radius 1 is 1.17 bits per heavy atom. The number of rotatable bonds is 9. The van der Waals surface area contributed by atoms with Crippen molar-refractivity contribution in [1.82, 2.24) is 25.0 Å². The number of ether oxygens (including phenoxy) is 2. The van der Waals surface area contributed by atoms with Gasteiger partial charge in [0.15, 0.2) is 5.96 Å². The van der Waals surface area contributed by atoms with Crippen LogP contribution in [0.5, 0.6) is 11.5 Å². The zero-order valence-electron chi connectivity index (χ0n) is 17.6. The Kier molecular flexibility index (Phi) is 9.98. The van der Waals surface area contributed by atoms with Crippen molar-refractivity contribution >= 4 is 29.9 Å². The summed E-state index contributed by atoms with van der Waals surface area (Å²) in [5.41, 5.74) is 0.0119. The number of methoxy groups -OCH3 is 1. The highest BCUT2D eigenvalue weighted by Gasteiger charge is 2.16. The SMILES string of the molecule is CN=C(NCCCn1nc2n(c1=O)CCCC2)NCCOc1ccc(OC)cc1.I. The third-order valence-corrected chi connectivity index (χ3v) is 4.82. The second kappa shape index (κ2) is 12.5. The Morgan fingerprint density at radius 2 is 1.90 bits per heavy atom. The quantitative estimate of drug-likeness (QED) is 0.222. The number of aromatic nitrogens is 3. The van der Waals surface area contributed by atoms with Crippen molar-refractivity contribution in [2.45, 2.75) is 38.8 Å². The van der Waals surface area contributed by atoms with Crippen molar-refractivity contribution < 1.29 is 9.47 Å². The number of fused-ring (bicyclic) bond motifs is 1. The number of aryl methyl sites for hydroxylation is 2. The highest BCUT2D eigenvalue weighted by atomic mass is 127. The maximum absolute atomic E-state index is 12.3. The molecule has 1 aromatic carbocycles. The van der Waals surface area contributed by atoms with Crippen LogP contribution in [0.2, 0.25) is 0 Å². The van der Waals surface area contributed by atoms with E-state index in [0.717, 1.165) is 49.6 Å². The first-order valence-corrected chi connectivity index (χ1v) is 10.1. The van der Waals surface area contributed by atoms with Crippen LogP contribution in [-0.2, 0) is 19.5 Å². The first kappa shape index (κ1) is 24.0. The molecule has 3 rings (SSSR count). The van der Waals surface area contributed by atoms with E-state index in [2.05, 4.69) is 20.7 Å². The molecule has 0 unspecified atom stereocenters. The van der Waals surface area contributed by atoms with E-state index in [4.69, 9.17) is 9.47 Å². The number of halogens is 1. The van der Waals surface area contributed by atoms with E-state index < -0.39 is 0 Å². The van der Waals surface area contributed by atoms with Gasteiger partial charge in [-0.15, -0.1) is 24.0 Å². The van der Waals surface area contributed by atoms with Crippen molar-refractivity contribution in [2.24, 2.45) is 4.99 Å². The van der Waals surface area contributed by atoms with Gasteiger partial charge in [0.2, 0.25) is 0 Å². The van der Waals surface area contributed by atoms with Crippen LogP contribution in [0.4, 0.5) is 0 Å². The molecule has 0 fully saturated rings. The fraction of sp³-hybridized carbons (Fsp3) is 0.550. The molecule has 2 aromatic rings. The number of hydrogen-bond acceptors (Lipinski definition) is 5. The number of aliphatic imine (C=N–C) groups is 1. The molecule has 0 aliphatic carbocycles. The van der Waals surface area contributed by atoms with Crippen molar-refractivity contribution in [3.63, 3.8) is 0 Å². The summed E-state index contributed by atoms with van der Waals surface area (Å²) in [6, 6.07) is 7.49. The molecule has 0 atom stereocenters. The minimum Gasteiger partial charge on any atom is -0.497 e. The minimum absolute atomic E-state index is 0. The number of nitrogens with one attached hydrogen (secondary N) is 2. The summed E-state index contributed by atoms with van der Waals surface area (Å²) in [6.45, 7) is 3.24. The van der Waals surface area contributed by atoms with Gasteiger partial charge in [0.05, 0.1) is 13.7 Å². The van der Waals surface area contributed by atoms with Crippen molar-refractivity contribution in [1.29, 1.82) is 0 Å². The summed E-state index contributed by atoms with van der Waals surface area (Å²) in [4.78, 5) is 16.5. The third-order valence-electron chi connectivity index (χ3n) is 4.82. The van der Waals surface area contributed by atoms with Gasteiger partial charge >= 0.3 is 5.69 Å². The van der Waals surface area contributed by atoms with Gasteiger partial charge in [-0.3, -0.25) is 9.56 Å². The average molecular weight is 530 g/mol. The number of guanidine groups is 1. The molecule has 0 radical (unpaired) electrons. The lowest BCUT2D eigenvalue weighted by Crippen LogP contribution is -2.40. The Morgan fingerprint density at radius 3 is 2.60 bits per heavy atom. The van der Waals surface area contributed by atoms with E-state index in [-0.39, 0.29) is 29.7 Å². The lowest BCUT2D eigenvalue weighted by molar-refractivity contribution is 0.321. The number of benzene rings is 1. The summed E-state index contributed by atoms with van der Waals surface area (Å²) in [6.07, 6.45) is 3.86. The molecule has 9 nitrogen and oxygen atoms in total. The molecule has 1 aliphatic heterocycles. The molecule has 30 heavy (non-hydrogen) atoms. The van der Waals surface area contributed by atoms with Gasteiger partial charge in [0.1, 0.15) is 23.9 Å². The monoisotopic (exact) mass is 530 g/mol. The summed E-state index contributed by atoms with van der Waals surface area (Å²) in [5, 5.41) is 10.9. The fourth-order valence-electron chi connectivity index (χ4n) is 3.26. The molecule has 0 spiro atoms. The number of nitrogens with zero attached hydrogens (tertiary/aromatic N) is 4. The first-order chi connectivity index (χ1) is 14.2. The van der Waals surface area contributed by atoms with Crippen LogP contribution in [0.3, 0.4) is 0 Å². The van der Waals surface area contributed by atoms with E-state index in [1.807, 2.05) is 24.3 Å². The zero-order chi connectivity index (χ0) is 20.5. The molecule has 1 aliphatic rings. The Balaban J connectivity index is 0.00000320. The van der Waals surface area contributed by atoms with E-state index in [0.29, 0.717) is 32.2 Å². The van der Waals surface area contributed by atoms with Crippen LogP contribution in [0.1, 0.15) is 25.1 Å². The van der Waals surface area contributed by atoms with Crippen LogP contribution in [0.25, 0.3) is 0 Å².